The molecule has 0 bridgehead atoms. The van der Waals surface area contributed by atoms with E-state index >= 15 is 0 Å². The van der Waals surface area contributed by atoms with E-state index in [1.807, 2.05) is 0 Å². The molecule has 0 fully saturated rings. The summed E-state index contributed by atoms with van der Waals surface area (Å²) in [4.78, 5) is 48.9. The van der Waals surface area contributed by atoms with Crippen molar-refractivity contribution in [2.75, 3.05) is 27.4 Å². The van der Waals surface area contributed by atoms with Crippen LogP contribution in [-0.4, -0.2) is 56.4 Å². The SMILES string of the molecule is CCOC(=O)C(=O)C(Cc1cc(=O)oc2cc(OC)cc(OC)c12)C(O)C(=O)OCC. The lowest BCUT2D eigenvalue weighted by molar-refractivity contribution is -0.163. The largest absolute Gasteiger partial charge is 0.496 e. The molecule has 0 spiro atoms. The van der Waals surface area contributed by atoms with Gasteiger partial charge in [-0.15, -0.1) is 0 Å². The monoisotopic (exact) mass is 436 g/mol. The molecule has 0 saturated carbocycles. The second kappa shape index (κ2) is 10.6. The summed E-state index contributed by atoms with van der Waals surface area (Å²) in [5, 5.41) is 10.8. The third-order valence-electron chi connectivity index (χ3n) is 4.48. The van der Waals surface area contributed by atoms with Crippen molar-refractivity contribution in [3.63, 3.8) is 0 Å². The number of carbonyl (C=O) groups is 3. The van der Waals surface area contributed by atoms with E-state index in [0.717, 1.165) is 6.07 Å². The molecule has 31 heavy (non-hydrogen) atoms. The summed E-state index contributed by atoms with van der Waals surface area (Å²) < 4.78 is 25.2. The summed E-state index contributed by atoms with van der Waals surface area (Å²) in [5.74, 6) is -4.36. The minimum Gasteiger partial charge on any atom is -0.496 e. The van der Waals surface area contributed by atoms with Crippen LogP contribution < -0.4 is 15.1 Å². The Labute approximate surface area is 177 Å². The van der Waals surface area contributed by atoms with Crippen molar-refractivity contribution >= 4 is 28.7 Å². The minimum atomic E-state index is -1.96. The van der Waals surface area contributed by atoms with Gasteiger partial charge in [-0.1, -0.05) is 0 Å². The number of esters is 2. The molecule has 0 aliphatic heterocycles. The van der Waals surface area contributed by atoms with E-state index in [2.05, 4.69) is 0 Å². The standard InChI is InChI=1S/C21H24O10/c1-5-29-20(25)18(23)13(19(24)21(26)30-6-2)7-11-8-16(22)31-15-10-12(27-3)9-14(28-4)17(11)15/h8-10,13,18,23H,5-7H2,1-4H3. The van der Waals surface area contributed by atoms with E-state index in [1.165, 1.54) is 40.2 Å². The van der Waals surface area contributed by atoms with Crippen LogP contribution in [0.5, 0.6) is 11.5 Å². The molecule has 0 aliphatic carbocycles. The lowest BCUT2D eigenvalue weighted by Gasteiger charge is -2.21. The minimum absolute atomic E-state index is 0.0400. The van der Waals surface area contributed by atoms with Crippen molar-refractivity contribution in [2.45, 2.75) is 26.4 Å². The summed E-state index contributed by atoms with van der Waals surface area (Å²) in [6, 6.07) is 4.09. The third-order valence-corrected chi connectivity index (χ3v) is 4.48. The van der Waals surface area contributed by atoms with Gasteiger partial charge < -0.3 is 28.5 Å². The maximum absolute atomic E-state index is 12.7. The van der Waals surface area contributed by atoms with E-state index in [1.54, 1.807) is 0 Å². The fourth-order valence-corrected chi connectivity index (χ4v) is 3.09. The second-order valence-electron chi connectivity index (χ2n) is 6.39. The van der Waals surface area contributed by atoms with Crippen LogP contribution in [0.3, 0.4) is 0 Å². The molecule has 2 atom stereocenters. The number of carbonyl (C=O) groups excluding carboxylic acids is 3. The van der Waals surface area contributed by atoms with Crippen molar-refractivity contribution in [3.8, 4) is 11.5 Å². The average molecular weight is 436 g/mol. The van der Waals surface area contributed by atoms with Gasteiger partial charge >= 0.3 is 17.6 Å². The van der Waals surface area contributed by atoms with Gasteiger partial charge in [0.15, 0.2) is 6.10 Å². The molecule has 2 rings (SSSR count). The lowest BCUT2D eigenvalue weighted by atomic mass is 9.88. The molecule has 1 N–H and O–H groups in total. The fraction of sp³-hybridized carbons (Fsp3) is 0.429. The summed E-state index contributed by atoms with van der Waals surface area (Å²) >= 11 is 0. The molecule has 2 unspecified atom stereocenters. The lowest BCUT2D eigenvalue weighted by Crippen LogP contribution is -2.41. The van der Waals surface area contributed by atoms with Crippen molar-refractivity contribution in [2.24, 2.45) is 5.92 Å². The number of ketones is 1. The number of hydrogen-bond acceptors (Lipinski definition) is 10. The Balaban J connectivity index is 2.62. The van der Waals surface area contributed by atoms with E-state index in [-0.39, 0.29) is 36.5 Å². The van der Waals surface area contributed by atoms with Crippen molar-refractivity contribution in [1.82, 2.24) is 0 Å². The highest BCUT2D eigenvalue weighted by atomic mass is 16.5. The number of Topliss-reactive ketones (excluding diaryl/α,β-unsaturated/α-hetero) is 1. The quantitative estimate of drug-likeness (QED) is 0.326. The van der Waals surface area contributed by atoms with Crippen LogP contribution in [0.25, 0.3) is 11.0 Å². The maximum atomic E-state index is 12.7. The Morgan fingerprint density at radius 3 is 2.29 bits per heavy atom. The van der Waals surface area contributed by atoms with Crippen LogP contribution in [-0.2, 0) is 30.3 Å². The number of fused-ring (bicyclic) bond motifs is 1. The first-order valence-corrected chi connectivity index (χ1v) is 9.51. The van der Waals surface area contributed by atoms with Gasteiger partial charge in [0.2, 0.25) is 5.78 Å². The first-order chi connectivity index (χ1) is 14.8. The number of aliphatic hydroxyl groups is 1. The molecule has 10 nitrogen and oxygen atoms in total. The van der Waals surface area contributed by atoms with Gasteiger partial charge in [0.25, 0.3) is 0 Å². The smallest absolute Gasteiger partial charge is 0.375 e. The van der Waals surface area contributed by atoms with Crippen LogP contribution in [0, 0.1) is 5.92 Å². The van der Waals surface area contributed by atoms with Crippen molar-refractivity contribution < 1.29 is 42.9 Å². The summed E-state index contributed by atoms with van der Waals surface area (Å²) in [6.07, 6.45) is -2.31. The molecule has 0 saturated heterocycles. The molecule has 1 aromatic heterocycles. The van der Waals surface area contributed by atoms with Crippen LogP contribution in [0.2, 0.25) is 0 Å². The number of aliphatic hydroxyl groups excluding tert-OH is 1. The molecule has 0 amide bonds. The second-order valence-corrected chi connectivity index (χ2v) is 6.39. The van der Waals surface area contributed by atoms with Crippen molar-refractivity contribution in [1.29, 1.82) is 0 Å². The molecule has 10 heteroatoms. The predicted molar refractivity (Wildman–Crippen MR) is 107 cm³/mol. The van der Waals surface area contributed by atoms with Gasteiger partial charge in [-0.05, 0) is 25.8 Å². The molecule has 0 radical (unpaired) electrons. The molecule has 1 aromatic carbocycles. The average Bonchev–Trinajstić information content (AvgIpc) is 2.75. The Morgan fingerprint density at radius 2 is 1.71 bits per heavy atom. The molecule has 1 heterocycles. The van der Waals surface area contributed by atoms with Crippen LogP contribution in [0.15, 0.2) is 27.4 Å². The molecular weight excluding hydrogens is 412 g/mol. The van der Waals surface area contributed by atoms with Crippen LogP contribution >= 0.6 is 0 Å². The zero-order chi connectivity index (χ0) is 23.1. The zero-order valence-electron chi connectivity index (χ0n) is 17.6. The highest BCUT2D eigenvalue weighted by Crippen LogP contribution is 2.34. The Hall–Kier alpha value is -3.40. The third kappa shape index (κ3) is 5.40. The van der Waals surface area contributed by atoms with Gasteiger partial charge in [0.1, 0.15) is 17.1 Å². The summed E-state index contributed by atoms with van der Waals surface area (Å²) in [7, 11) is 2.81. The van der Waals surface area contributed by atoms with E-state index in [0.29, 0.717) is 11.1 Å². The number of hydrogen-bond donors (Lipinski definition) is 1. The predicted octanol–water partition coefficient (Wildman–Crippen LogP) is 1.03. The first-order valence-electron chi connectivity index (χ1n) is 9.51. The summed E-state index contributed by atoms with van der Waals surface area (Å²) in [6.45, 7) is 2.93. The number of methoxy groups -OCH3 is 2. The van der Waals surface area contributed by atoms with E-state index in [4.69, 9.17) is 23.4 Å². The van der Waals surface area contributed by atoms with Gasteiger partial charge in [-0.2, -0.15) is 0 Å². The van der Waals surface area contributed by atoms with E-state index in [9.17, 15) is 24.3 Å². The number of ether oxygens (including phenoxy) is 4. The summed E-state index contributed by atoms with van der Waals surface area (Å²) in [5.41, 5.74) is -0.422. The Kier molecular flexibility index (Phi) is 8.14. The number of rotatable bonds is 10. The molecule has 0 aliphatic rings. The topological polar surface area (TPSA) is 139 Å². The Bertz CT molecular complexity index is 1020. The molecular formula is C21H24O10. The van der Waals surface area contributed by atoms with Gasteiger partial charge in [-0.3, -0.25) is 4.79 Å². The first kappa shape index (κ1) is 23.9. The maximum Gasteiger partial charge on any atom is 0.375 e. The van der Waals surface area contributed by atoms with Crippen molar-refractivity contribution in [3.05, 3.63) is 34.2 Å². The van der Waals surface area contributed by atoms with Crippen LogP contribution in [0.4, 0.5) is 0 Å². The highest BCUT2D eigenvalue weighted by Gasteiger charge is 2.38. The zero-order valence-corrected chi connectivity index (χ0v) is 17.6. The molecule has 2 aromatic rings. The molecule has 168 valence electrons. The Morgan fingerprint density at radius 1 is 1.03 bits per heavy atom. The van der Waals surface area contributed by atoms with Gasteiger partial charge in [0.05, 0.1) is 38.7 Å². The van der Waals surface area contributed by atoms with Gasteiger partial charge in [0, 0.05) is 18.2 Å². The van der Waals surface area contributed by atoms with Gasteiger partial charge in [-0.25, -0.2) is 14.4 Å². The normalized spacial score (nSPS) is 12.7. The highest BCUT2D eigenvalue weighted by molar-refractivity contribution is 6.35. The number of benzene rings is 1. The fourth-order valence-electron chi connectivity index (χ4n) is 3.09. The van der Waals surface area contributed by atoms with E-state index < -0.39 is 35.4 Å². The van der Waals surface area contributed by atoms with Crippen LogP contribution in [0.1, 0.15) is 19.4 Å².